The summed E-state index contributed by atoms with van der Waals surface area (Å²) >= 11 is 0. The average Bonchev–Trinajstić information content (AvgIpc) is 2.93. The molecule has 0 spiro atoms. The highest BCUT2D eigenvalue weighted by Crippen LogP contribution is 2.29. The van der Waals surface area contributed by atoms with E-state index in [0.717, 1.165) is 5.56 Å². The molecule has 0 N–H and O–H groups in total. The van der Waals surface area contributed by atoms with E-state index in [1.165, 1.54) is 24.7 Å². The molecule has 0 aliphatic carbocycles. The van der Waals surface area contributed by atoms with Crippen LogP contribution in [0.1, 0.15) is 11.9 Å². The van der Waals surface area contributed by atoms with Gasteiger partial charge in [0.15, 0.2) is 0 Å². The van der Waals surface area contributed by atoms with E-state index in [0.29, 0.717) is 11.5 Å². The van der Waals surface area contributed by atoms with Crippen molar-refractivity contribution in [2.75, 3.05) is 0 Å². The monoisotopic (exact) mass is 258 g/mol. The summed E-state index contributed by atoms with van der Waals surface area (Å²) in [5.41, 5.74) is 0.832. The zero-order chi connectivity index (χ0) is 13.1. The molecule has 0 saturated heterocycles. The van der Waals surface area contributed by atoms with E-state index in [9.17, 15) is 4.39 Å². The van der Waals surface area contributed by atoms with Gasteiger partial charge in [-0.15, -0.1) is 0 Å². The number of halogens is 1. The minimum atomic E-state index is -0.448. The molecule has 0 unspecified atom stereocenters. The van der Waals surface area contributed by atoms with Crippen molar-refractivity contribution >= 4 is 0 Å². The summed E-state index contributed by atoms with van der Waals surface area (Å²) in [6.07, 6.45) is 2.53. The summed E-state index contributed by atoms with van der Waals surface area (Å²) < 4.78 is 29.1. The molecule has 0 atom stereocenters. The summed E-state index contributed by atoms with van der Waals surface area (Å²) in [5.74, 6) is 0.714. The van der Waals surface area contributed by atoms with Crippen LogP contribution in [0.2, 0.25) is 0 Å². The first-order valence-electron chi connectivity index (χ1n) is 5.80. The fourth-order valence-electron chi connectivity index (χ4n) is 1.79. The Morgan fingerprint density at radius 3 is 2.32 bits per heavy atom. The molecule has 0 aromatic heterocycles. The number of hydrogen-bond donors (Lipinski definition) is 0. The fraction of sp³-hybridized carbons (Fsp3) is 0.0667. The third-order valence-electron chi connectivity index (χ3n) is 2.62. The van der Waals surface area contributed by atoms with Crippen LogP contribution in [0.4, 0.5) is 4.39 Å². The van der Waals surface area contributed by atoms with Crippen LogP contribution in [0.25, 0.3) is 0 Å². The second-order valence-electron chi connectivity index (χ2n) is 4.01. The van der Waals surface area contributed by atoms with Gasteiger partial charge in [-0.25, -0.2) is 4.39 Å². The summed E-state index contributed by atoms with van der Waals surface area (Å²) in [6.45, 7) is 0. The largest absolute Gasteiger partial charge is 0.457 e. The molecule has 0 amide bonds. The van der Waals surface area contributed by atoms with Crippen molar-refractivity contribution in [1.82, 2.24) is 0 Å². The van der Waals surface area contributed by atoms with E-state index >= 15 is 0 Å². The van der Waals surface area contributed by atoms with Crippen molar-refractivity contribution < 1.29 is 18.6 Å². The van der Waals surface area contributed by atoms with Gasteiger partial charge in [-0.3, -0.25) is 0 Å². The standard InChI is InChI=1S/C15H11FO3/c16-12-4-2-6-14(10-12)19-13-5-1-3-11(9-13)15-17-7-8-18-15/h1-10,15H. The highest BCUT2D eigenvalue weighted by atomic mass is 19.1. The predicted molar refractivity (Wildman–Crippen MR) is 67.0 cm³/mol. The topological polar surface area (TPSA) is 27.7 Å². The Morgan fingerprint density at radius 2 is 1.58 bits per heavy atom. The molecule has 2 aromatic rings. The maximum atomic E-state index is 13.1. The Morgan fingerprint density at radius 1 is 0.895 bits per heavy atom. The molecular weight excluding hydrogens is 247 g/mol. The minimum Gasteiger partial charge on any atom is -0.457 e. The molecular formula is C15H11FO3. The van der Waals surface area contributed by atoms with Crippen molar-refractivity contribution in [3.8, 4) is 11.5 Å². The number of rotatable bonds is 3. The Bertz CT molecular complexity index is 602. The van der Waals surface area contributed by atoms with Crippen LogP contribution in [-0.2, 0) is 9.47 Å². The van der Waals surface area contributed by atoms with Gasteiger partial charge in [0, 0.05) is 11.6 Å². The highest BCUT2D eigenvalue weighted by Gasteiger charge is 2.15. The van der Waals surface area contributed by atoms with Crippen LogP contribution < -0.4 is 4.74 Å². The summed E-state index contributed by atoms with van der Waals surface area (Å²) in [5, 5.41) is 0. The zero-order valence-corrected chi connectivity index (χ0v) is 9.95. The van der Waals surface area contributed by atoms with Crippen molar-refractivity contribution in [3.05, 3.63) is 72.4 Å². The second-order valence-corrected chi connectivity index (χ2v) is 4.01. The number of ether oxygens (including phenoxy) is 3. The van der Waals surface area contributed by atoms with Crippen LogP contribution in [-0.4, -0.2) is 0 Å². The molecule has 0 radical (unpaired) electrons. The van der Waals surface area contributed by atoms with Crippen molar-refractivity contribution in [1.29, 1.82) is 0 Å². The van der Waals surface area contributed by atoms with Crippen LogP contribution in [0, 0.1) is 5.82 Å². The second kappa shape index (κ2) is 5.02. The maximum absolute atomic E-state index is 13.1. The first-order chi connectivity index (χ1) is 9.31. The Kier molecular flexibility index (Phi) is 3.06. The third-order valence-corrected chi connectivity index (χ3v) is 2.62. The van der Waals surface area contributed by atoms with Crippen LogP contribution in [0.5, 0.6) is 11.5 Å². The summed E-state index contributed by atoms with van der Waals surface area (Å²) in [4.78, 5) is 0. The molecule has 1 aliphatic rings. The molecule has 4 heteroatoms. The lowest BCUT2D eigenvalue weighted by atomic mass is 10.2. The number of hydrogen-bond acceptors (Lipinski definition) is 3. The zero-order valence-electron chi connectivity index (χ0n) is 9.95. The molecule has 96 valence electrons. The molecule has 2 aromatic carbocycles. The van der Waals surface area contributed by atoms with E-state index < -0.39 is 6.29 Å². The number of benzene rings is 2. The highest BCUT2D eigenvalue weighted by molar-refractivity contribution is 5.34. The first-order valence-corrected chi connectivity index (χ1v) is 5.80. The van der Waals surface area contributed by atoms with Gasteiger partial charge in [-0.2, -0.15) is 0 Å². The molecule has 3 nitrogen and oxygen atoms in total. The van der Waals surface area contributed by atoms with Gasteiger partial charge >= 0.3 is 0 Å². The summed E-state index contributed by atoms with van der Waals surface area (Å²) in [6, 6.07) is 13.3. The van der Waals surface area contributed by atoms with Crippen LogP contribution >= 0.6 is 0 Å². The Labute approximate surface area is 109 Å². The van der Waals surface area contributed by atoms with Gasteiger partial charge in [0.1, 0.15) is 29.8 Å². The molecule has 19 heavy (non-hydrogen) atoms. The quantitative estimate of drug-likeness (QED) is 0.828. The maximum Gasteiger partial charge on any atom is 0.266 e. The molecule has 3 rings (SSSR count). The molecule has 1 heterocycles. The first kappa shape index (κ1) is 11.6. The molecule has 0 bridgehead atoms. The normalized spacial score (nSPS) is 13.9. The van der Waals surface area contributed by atoms with Gasteiger partial charge < -0.3 is 14.2 Å². The average molecular weight is 258 g/mol. The predicted octanol–water partition coefficient (Wildman–Crippen LogP) is 4.13. The lowest BCUT2D eigenvalue weighted by Crippen LogP contribution is -1.97. The smallest absolute Gasteiger partial charge is 0.266 e. The Hall–Kier alpha value is -2.49. The lowest BCUT2D eigenvalue weighted by Gasteiger charge is -2.12. The third kappa shape index (κ3) is 2.68. The van der Waals surface area contributed by atoms with Gasteiger partial charge in [0.05, 0.1) is 0 Å². The van der Waals surface area contributed by atoms with Gasteiger partial charge in [-0.05, 0) is 24.3 Å². The summed E-state index contributed by atoms with van der Waals surface area (Å²) in [7, 11) is 0. The van der Waals surface area contributed by atoms with Crippen LogP contribution in [0.15, 0.2) is 61.1 Å². The van der Waals surface area contributed by atoms with E-state index in [4.69, 9.17) is 14.2 Å². The van der Waals surface area contributed by atoms with Gasteiger partial charge in [0.2, 0.25) is 0 Å². The van der Waals surface area contributed by atoms with E-state index in [-0.39, 0.29) is 5.82 Å². The Balaban J connectivity index is 1.79. The molecule has 1 aliphatic heterocycles. The van der Waals surface area contributed by atoms with Gasteiger partial charge in [0.25, 0.3) is 6.29 Å². The SMILES string of the molecule is Fc1cccc(Oc2cccc(C3OC=CO3)c2)c1. The van der Waals surface area contributed by atoms with Gasteiger partial charge in [-0.1, -0.05) is 18.2 Å². The molecule has 0 saturated carbocycles. The van der Waals surface area contributed by atoms with Crippen molar-refractivity contribution in [2.45, 2.75) is 6.29 Å². The lowest BCUT2D eigenvalue weighted by molar-refractivity contribution is -0.0247. The van der Waals surface area contributed by atoms with Crippen LogP contribution in [0.3, 0.4) is 0 Å². The van der Waals surface area contributed by atoms with Crippen molar-refractivity contribution in [2.24, 2.45) is 0 Å². The fourth-order valence-corrected chi connectivity index (χ4v) is 1.79. The minimum absolute atomic E-state index is 0.333. The van der Waals surface area contributed by atoms with E-state index in [1.54, 1.807) is 24.3 Å². The molecule has 0 fully saturated rings. The van der Waals surface area contributed by atoms with Crippen molar-refractivity contribution in [3.63, 3.8) is 0 Å². The van der Waals surface area contributed by atoms with E-state index in [2.05, 4.69) is 0 Å². The van der Waals surface area contributed by atoms with E-state index in [1.807, 2.05) is 12.1 Å².